The van der Waals surface area contributed by atoms with Crippen molar-refractivity contribution in [2.75, 3.05) is 13.1 Å². The molecule has 1 fully saturated rings. The van der Waals surface area contributed by atoms with Gasteiger partial charge in [0.2, 0.25) is 5.91 Å². The van der Waals surface area contributed by atoms with Crippen molar-refractivity contribution in [2.45, 2.75) is 25.8 Å². The zero-order chi connectivity index (χ0) is 14.1. The molecular formula is C16H20N2O2. The average molecular weight is 272 g/mol. The highest BCUT2D eigenvalue weighted by molar-refractivity contribution is 5.79. The number of hydrogen-bond acceptors (Lipinski definition) is 3. The van der Waals surface area contributed by atoms with Crippen LogP contribution in [0.4, 0.5) is 0 Å². The Morgan fingerprint density at radius 1 is 1.45 bits per heavy atom. The summed E-state index contributed by atoms with van der Waals surface area (Å²) in [5.41, 5.74) is 7.04. The van der Waals surface area contributed by atoms with Crippen LogP contribution in [0.15, 0.2) is 34.7 Å². The minimum absolute atomic E-state index is 0.211. The summed E-state index contributed by atoms with van der Waals surface area (Å²) in [6.07, 6.45) is 1.70. The minimum Gasteiger partial charge on any atom is -0.459 e. The summed E-state index contributed by atoms with van der Waals surface area (Å²) >= 11 is 0. The van der Waals surface area contributed by atoms with Gasteiger partial charge >= 0.3 is 0 Å². The monoisotopic (exact) mass is 272 g/mol. The molecule has 0 saturated carbocycles. The van der Waals surface area contributed by atoms with E-state index in [-0.39, 0.29) is 11.9 Å². The molecule has 1 amide bonds. The molecule has 1 aliphatic rings. The van der Waals surface area contributed by atoms with Crippen LogP contribution < -0.4 is 5.73 Å². The molecule has 2 atom stereocenters. The number of rotatable bonds is 4. The Balaban J connectivity index is 1.73. The number of amides is 1. The predicted octanol–water partition coefficient (Wildman–Crippen LogP) is 2.69. The quantitative estimate of drug-likeness (QED) is 0.931. The second-order valence-electron chi connectivity index (χ2n) is 5.57. The summed E-state index contributed by atoms with van der Waals surface area (Å²) in [5, 5.41) is 1.05. The van der Waals surface area contributed by atoms with E-state index < -0.39 is 0 Å². The molecule has 2 aromatic rings. The molecule has 0 radical (unpaired) electrons. The van der Waals surface area contributed by atoms with Crippen LogP contribution in [0.2, 0.25) is 0 Å². The maximum Gasteiger partial charge on any atom is 0.222 e. The van der Waals surface area contributed by atoms with E-state index in [2.05, 4.69) is 6.92 Å². The molecule has 1 aromatic carbocycles. The first-order valence-corrected chi connectivity index (χ1v) is 7.19. The molecule has 0 aliphatic carbocycles. The second-order valence-corrected chi connectivity index (χ2v) is 5.57. The van der Waals surface area contributed by atoms with Gasteiger partial charge in [0, 0.05) is 24.9 Å². The standard InChI is InChI=1S/C16H20N2O2/c1-2-11-7-16(19)18(9-11)10-13(17)15-8-12-5-3-4-6-14(12)20-15/h3-6,8,11,13H,2,7,9-10,17H2,1H3. The van der Waals surface area contributed by atoms with Crippen LogP contribution in [0.3, 0.4) is 0 Å². The molecule has 1 aromatic heterocycles. The van der Waals surface area contributed by atoms with Gasteiger partial charge < -0.3 is 15.1 Å². The van der Waals surface area contributed by atoms with E-state index in [1.165, 1.54) is 0 Å². The number of nitrogens with two attached hydrogens (primary N) is 1. The SMILES string of the molecule is CCC1CC(=O)N(CC(N)c2cc3ccccc3o2)C1. The Labute approximate surface area is 118 Å². The van der Waals surface area contributed by atoms with Crippen molar-refractivity contribution in [1.29, 1.82) is 0 Å². The van der Waals surface area contributed by atoms with Gasteiger partial charge in [0.1, 0.15) is 11.3 Å². The van der Waals surface area contributed by atoms with Crippen LogP contribution >= 0.6 is 0 Å². The molecule has 0 bridgehead atoms. The van der Waals surface area contributed by atoms with Crippen molar-refractivity contribution < 1.29 is 9.21 Å². The number of hydrogen-bond donors (Lipinski definition) is 1. The highest BCUT2D eigenvalue weighted by Crippen LogP contribution is 2.26. The van der Waals surface area contributed by atoms with E-state index in [1.54, 1.807) is 0 Å². The van der Waals surface area contributed by atoms with Crippen LogP contribution in [0.25, 0.3) is 11.0 Å². The van der Waals surface area contributed by atoms with E-state index in [0.717, 1.165) is 29.7 Å². The van der Waals surface area contributed by atoms with Gasteiger partial charge in [-0.1, -0.05) is 31.5 Å². The van der Waals surface area contributed by atoms with Crippen LogP contribution in [0.1, 0.15) is 31.6 Å². The zero-order valence-electron chi connectivity index (χ0n) is 11.7. The molecule has 1 saturated heterocycles. The molecule has 4 nitrogen and oxygen atoms in total. The molecule has 4 heteroatoms. The van der Waals surface area contributed by atoms with Gasteiger partial charge in [0.25, 0.3) is 0 Å². The summed E-state index contributed by atoms with van der Waals surface area (Å²) in [4.78, 5) is 13.8. The Bertz CT molecular complexity index is 587. The number of carbonyl (C=O) groups excluding carboxylic acids is 1. The van der Waals surface area contributed by atoms with Gasteiger partial charge in [-0.05, 0) is 18.1 Å². The van der Waals surface area contributed by atoms with Gasteiger partial charge in [0.15, 0.2) is 0 Å². The zero-order valence-corrected chi connectivity index (χ0v) is 11.7. The number of fused-ring (bicyclic) bond motifs is 1. The van der Waals surface area contributed by atoms with E-state index in [1.807, 2.05) is 35.2 Å². The maximum absolute atomic E-state index is 11.9. The molecule has 106 valence electrons. The van der Waals surface area contributed by atoms with Gasteiger partial charge in [-0.15, -0.1) is 0 Å². The van der Waals surface area contributed by atoms with Crippen molar-refractivity contribution in [3.63, 3.8) is 0 Å². The van der Waals surface area contributed by atoms with Crippen LogP contribution in [-0.4, -0.2) is 23.9 Å². The van der Waals surface area contributed by atoms with Crippen molar-refractivity contribution >= 4 is 16.9 Å². The van der Waals surface area contributed by atoms with E-state index in [0.29, 0.717) is 18.9 Å². The number of nitrogens with zero attached hydrogens (tertiary/aromatic N) is 1. The summed E-state index contributed by atoms with van der Waals surface area (Å²) in [5.74, 6) is 1.44. The first-order chi connectivity index (χ1) is 9.67. The number of likely N-dealkylation sites (tertiary alicyclic amines) is 1. The molecule has 2 N–H and O–H groups in total. The van der Waals surface area contributed by atoms with Gasteiger partial charge in [-0.25, -0.2) is 0 Å². The number of carbonyl (C=O) groups is 1. The third kappa shape index (κ3) is 2.43. The summed E-state index contributed by atoms with van der Waals surface area (Å²) in [6, 6.07) is 9.56. The smallest absolute Gasteiger partial charge is 0.222 e. The Hall–Kier alpha value is -1.81. The largest absolute Gasteiger partial charge is 0.459 e. The van der Waals surface area contributed by atoms with Gasteiger partial charge in [-0.3, -0.25) is 4.79 Å². The highest BCUT2D eigenvalue weighted by Gasteiger charge is 2.30. The molecule has 0 spiro atoms. The third-order valence-electron chi connectivity index (χ3n) is 4.10. The minimum atomic E-state index is -0.262. The lowest BCUT2D eigenvalue weighted by Crippen LogP contribution is -2.33. The van der Waals surface area contributed by atoms with Crippen LogP contribution in [0, 0.1) is 5.92 Å². The Morgan fingerprint density at radius 3 is 2.95 bits per heavy atom. The van der Waals surface area contributed by atoms with E-state index in [4.69, 9.17) is 10.2 Å². The predicted molar refractivity (Wildman–Crippen MR) is 78.1 cm³/mol. The van der Waals surface area contributed by atoms with Crippen molar-refractivity contribution in [2.24, 2.45) is 11.7 Å². The van der Waals surface area contributed by atoms with Gasteiger partial charge in [0.05, 0.1) is 6.04 Å². The summed E-state index contributed by atoms with van der Waals surface area (Å²) < 4.78 is 5.77. The molecule has 2 heterocycles. The molecule has 1 aliphatic heterocycles. The fourth-order valence-corrected chi connectivity index (χ4v) is 2.82. The molecule has 2 unspecified atom stereocenters. The third-order valence-corrected chi connectivity index (χ3v) is 4.10. The first-order valence-electron chi connectivity index (χ1n) is 7.19. The average Bonchev–Trinajstić information content (AvgIpc) is 3.02. The van der Waals surface area contributed by atoms with E-state index in [9.17, 15) is 4.79 Å². The van der Waals surface area contributed by atoms with Crippen molar-refractivity contribution in [3.05, 3.63) is 36.1 Å². The lowest BCUT2D eigenvalue weighted by atomic mass is 10.1. The first kappa shape index (κ1) is 13.2. The summed E-state index contributed by atoms with van der Waals surface area (Å²) in [7, 11) is 0. The highest BCUT2D eigenvalue weighted by atomic mass is 16.3. The Kier molecular flexibility index (Phi) is 3.49. The van der Waals surface area contributed by atoms with Gasteiger partial charge in [-0.2, -0.15) is 0 Å². The molecule has 20 heavy (non-hydrogen) atoms. The second kappa shape index (κ2) is 5.29. The molecule has 3 rings (SSSR count). The number of para-hydroxylation sites is 1. The topological polar surface area (TPSA) is 59.5 Å². The molecular weight excluding hydrogens is 252 g/mol. The number of furan rings is 1. The number of benzene rings is 1. The van der Waals surface area contributed by atoms with Crippen LogP contribution in [-0.2, 0) is 4.79 Å². The Morgan fingerprint density at radius 2 is 2.25 bits per heavy atom. The maximum atomic E-state index is 11.9. The fourth-order valence-electron chi connectivity index (χ4n) is 2.82. The van der Waals surface area contributed by atoms with Crippen LogP contribution in [0.5, 0.6) is 0 Å². The normalized spacial score (nSPS) is 20.8. The summed E-state index contributed by atoms with van der Waals surface area (Å²) in [6.45, 7) is 3.49. The lowest BCUT2D eigenvalue weighted by molar-refractivity contribution is -0.128. The van der Waals surface area contributed by atoms with E-state index >= 15 is 0 Å². The lowest BCUT2D eigenvalue weighted by Gasteiger charge is -2.19. The fraction of sp³-hybridized carbons (Fsp3) is 0.438. The van der Waals surface area contributed by atoms with Crippen molar-refractivity contribution in [3.8, 4) is 0 Å². The van der Waals surface area contributed by atoms with Crippen molar-refractivity contribution in [1.82, 2.24) is 4.90 Å².